The summed E-state index contributed by atoms with van der Waals surface area (Å²) < 4.78 is 70.4. The average Bonchev–Trinajstić information content (AvgIpc) is 3.39. The molecule has 3 aliphatic heterocycles. The van der Waals surface area contributed by atoms with Crippen LogP contribution in [0.3, 0.4) is 0 Å². The van der Waals surface area contributed by atoms with Crippen LogP contribution in [0.25, 0.3) is 32.9 Å². The lowest BCUT2D eigenvalue weighted by Crippen LogP contribution is -2.43. The molecule has 4 fully saturated rings. The van der Waals surface area contributed by atoms with Gasteiger partial charge in [-0.05, 0) is 49.6 Å². The number of aromatic nitrogens is 3. The van der Waals surface area contributed by atoms with E-state index < -0.39 is 29.9 Å². The van der Waals surface area contributed by atoms with Crippen molar-refractivity contribution in [1.82, 2.24) is 19.9 Å². The summed E-state index contributed by atoms with van der Waals surface area (Å²) in [6, 6.07) is 7.57. The van der Waals surface area contributed by atoms with Crippen LogP contribution in [0.2, 0.25) is 0 Å². The van der Waals surface area contributed by atoms with E-state index in [1.165, 1.54) is 12.3 Å². The Labute approximate surface area is 261 Å². The van der Waals surface area contributed by atoms with Gasteiger partial charge in [-0.25, -0.2) is 13.2 Å². The molecule has 8 rings (SSSR count). The number of alkyl halides is 2. The largest absolute Gasteiger partial charge is 0.461 e. The minimum atomic E-state index is -2.37. The van der Waals surface area contributed by atoms with Crippen molar-refractivity contribution in [2.24, 2.45) is 5.92 Å². The van der Waals surface area contributed by atoms with Gasteiger partial charge in [0, 0.05) is 36.7 Å². The number of nitrogens with zero attached hydrogens (tertiary/aromatic N) is 5. The maximum Gasteiger partial charge on any atom is 0.319 e. The van der Waals surface area contributed by atoms with E-state index in [9.17, 15) is 8.78 Å². The summed E-state index contributed by atoms with van der Waals surface area (Å²) in [5.41, 5.74) is -1.11. The quantitative estimate of drug-likeness (QED) is 0.184. The maximum absolute atomic E-state index is 16.9. The molecule has 0 unspecified atom stereocenters. The average molecular weight is 620 g/mol. The van der Waals surface area contributed by atoms with Crippen LogP contribution < -0.4 is 9.64 Å². The molecule has 0 radical (unpaired) electrons. The van der Waals surface area contributed by atoms with Gasteiger partial charge in [0.25, 0.3) is 0 Å². The number of halogens is 4. The van der Waals surface area contributed by atoms with Crippen LogP contribution in [0.4, 0.5) is 19.0 Å². The van der Waals surface area contributed by atoms with Gasteiger partial charge in [-0.2, -0.15) is 9.97 Å². The van der Waals surface area contributed by atoms with Crippen LogP contribution in [0.5, 0.6) is 6.01 Å². The highest BCUT2D eigenvalue weighted by Crippen LogP contribution is 2.49. The molecule has 10 heteroatoms. The highest BCUT2D eigenvalue weighted by atomic mass is 35.5. The Morgan fingerprint density at radius 1 is 1.16 bits per heavy atom. The smallest absolute Gasteiger partial charge is 0.319 e. The monoisotopic (exact) mass is 619 g/mol. The number of hydrogen-bond acceptors (Lipinski definition) is 6. The number of anilines is 1. The molecule has 44 heavy (non-hydrogen) atoms. The van der Waals surface area contributed by atoms with E-state index in [-0.39, 0.29) is 53.1 Å². The fourth-order valence-corrected chi connectivity index (χ4v) is 8.19. The Bertz CT molecular complexity index is 1940. The highest BCUT2D eigenvalue weighted by molar-refractivity contribution is 6.24. The van der Waals surface area contributed by atoms with E-state index in [0.29, 0.717) is 53.5 Å². The topological polar surface area (TPSA) is 54.4 Å². The van der Waals surface area contributed by atoms with Crippen molar-refractivity contribution in [2.75, 3.05) is 31.1 Å². The van der Waals surface area contributed by atoms with Crippen LogP contribution in [0, 0.1) is 29.9 Å². The summed E-state index contributed by atoms with van der Waals surface area (Å²) in [5.74, 6) is 1.60. The zero-order valence-corrected chi connectivity index (χ0v) is 24.6. The molecule has 4 aromatic rings. The van der Waals surface area contributed by atoms with E-state index in [1.54, 1.807) is 24.3 Å². The summed E-state index contributed by atoms with van der Waals surface area (Å²) in [7, 11) is 0. The molecule has 5 atom stereocenters. The Kier molecular flexibility index (Phi) is 6.13. The van der Waals surface area contributed by atoms with Crippen LogP contribution in [0.1, 0.15) is 46.8 Å². The predicted octanol–water partition coefficient (Wildman–Crippen LogP) is 6.66. The molecule has 1 aliphatic carbocycles. The fraction of sp³-hybridized carbons (Fsp3) is 0.441. The number of fused-ring (bicyclic) bond motifs is 4. The predicted molar refractivity (Wildman–Crippen MR) is 165 cm³/mol. The molecule has 0 N–H and O–H groups in total. The van der Waals surface area contributed by atoms with Crippen molar-refractivity contribution in [3.05, 3.63) is 53.7 Å². The summed E-state index contributed by atoms with van der Waals surface area (Å²) in [5, 5.41) is 1.18. The SMILES string of the molecule is [2H]C([2H])(Oc1nc(N2CCCC[C@H]3[C@@H](Cl)[C@H]32)c2cnc(-c3cccc4ccc(F)c(C#C)c34)c(F)c2n1)[C@@]12CCCN1C[C@H](F)C2. The first-order chi connectivity index (χ1) is 22.1. The second-order valence-electron chi connectivity index (χ2n) is 12.4. The fourth-order valence-electron chi connectivity index (χ4n) is 7.67. The lowest BCUT2D eigenvalue weighted by molar-refractivity contribution is 0.107. The number of terminal acetylenes is 1. The maximum atomic E-state index is 16.9. The molecule has 6 nitrogen and oxygen atoms in total. The lowest BCUT2D eigenvalue weighted by atomic mass is 9.95. The summed E-state index contributed by atoms with van der Waals surface area (Å²) >= 11 is 6.71. The highest BCUT2D eigenvalue weighted by Gasteiger charge is 2.54. The Balaban J connectivity index is 1.31. The van der Waals surface area contributed by atoms with Gasteiger partial charge in [0.15, 0.2) is 5.82 Å². The minimum absolute atomic E-state index is 0.00408. The van der Waals surface area contributed by atoms with Crippen molar-refractivity contribution in [1.29, 1.82) is 0 Å². The zero-order valence-electron chi connectivity index (χ0n) is 25.9. The summed E-state index contributed by atoms with van der Waals surface area (Å²) in [6.07, 6.45) is 9.95. The Hall–Kier alpha value is -3.61. The first kappa shape index (κ1) is 25.7. The lowest BCUT2D eigenvalue weighted by Gasteiger charge is -2.31. The molecule has 2 aromatic heterocycles. The van der Waals surface area contributed by atoms with Crippen LogP contribution in [-0.4, -0.2) is 69.2 Å². The summed E-state index contributed by atoms with van der Waals surface area (Å²) in [6.45, 7) is -1.06. The van der Waals surface area contributed by atoms with Crippen molar-refractivity contribution >= 4 is 39.1 Å². The molecule has 2 aromatic carbocycles. The van der Waals surface area contributed by atoms with Gasteiger partial charge in [0.2, 0.25) is 0 Å². The Morgan fingerprint density at radius 2 is 2.05 bits per heavy atom. The number of hydrogen-bond donors (Lipinski definition) is 0. The van der Waals surface area contributed by atoms with Crippen LogP contribution in [0.15, 0.2) is 36.5 Å². The van der Waals surface area contributed by atoms with Gasteiger partial charge in [-0.1, -0.05) is 36.6 Å². The molecular formula is C34H31ClF3N5O. The van der Waals surface area contributed by atoms with Crippen molar-refractivity contribution in [2.45, 2.75) is 61.7 Å². The van der Waals surface area contributed by atoms with Gasteiger partial charge >= 0.3 is 6.01 Å². The number of pyridine rings is 1. The molecule has 4 aliphatic rings. The molecule has 5 heterocycles. The van der Waals surface area contributed by atoms with Crippen molar-refractivity contribution in [3.63, 3.8) is 0 Å². The minimum Gasteiger partial charge on any atom is -0.461 e. The van der Waals surface area contributed by atoms with Gasteiger partial charge in [0.05, 0.1) is 30.6 Å². The first-order valence-corrected chi connectivity index (χ1v) is 15.6. The number of rotatable bonds is 5. The van der Waals surface area contributed by atoms with Gasteiger partial charge in [-0.15, -0.1) is 18.0 Å². The second kappa shape index (κ2) is 10.5. The van der Waals surface area contributed by atoms with Crippen LogP contribution in [-0.2, 0) is 0 Å². The third-order valence-electron chi connectivity index (χ3n) is 9.82. The van der Waals surface area contributed by atoms with Gasteiger partial charge in [0.1, 0.15) is 35.6 Å². The molecule has 1 saturated carbocycles. The number of benzene rings is 2. The van der Waals surface area contributed by atoms with Crippen molar-refractivity contribution in [3.8, 4) is 29.6 Å². The third kappa shape index (κ3) is 4.33. The first-order valence-electron chi connectivity index (χ1n) is 16.2. The Morgan fingerprint density at radius 3 is 2.91 bits per heavy atom. The molecule has 0 bridgehead atoms. The zero-order chi connectivity index (χ0) is 32.0. The molecule has 226 valence electrons. The van der Waals surface area contributed by atoms with E-state index in [2.05, 4.69) is 15.9 Å². The van der Waals surface area contributed by atoms with Gasteiger partial charge < -0.3 is 9.64 Å². The van der Waals surface area contributed by atoms with E-state index >= 15 is 4.39 Å². The van der Waals surface area contributed by atoms with E-state index in [1.807, 2.05) is 9.80 Å². The van der Waals surface area contributed by atoms with E-state index in [4.69, 9.17) is 30.5 Å². The third-order valence-corrected chi connectivity index (χ3v) is 10.4. The molecule has 3 saturated heterocycles. The van der Waals surface area contributed by atoms with Gasteiger partial charge in [-0.3, -0.25) is 9.88 Å². The second-order valence-corrected chi connectivity index (χ2v) is 12.9. The summed E-state index contributed by atoms with van der Waals surface area (Å²) in [4.78, 5) is 17.5. The molecule has 0 amide bonds. The standard InChI is InChI=1S/C34H31ClF3N5O/c1-2-21-25(37)11-10-19-7-5-9-22(26(19)21)29-28(38)30-24(16-39-29)32(43-14-4-3-8-23-27(35)31(23)43)41-33(40-30)44-18-34-12-6-13-42(34)17-20(36)15-34/h1,5,7,9-11,16,20,23,27,31H,3-4,6,8,12-15,17-18H2/t20-,23+,27-,31+,34+/m1/s1/i18D2. The van der Waals surface area contributed by atoms with Crippen LogP contribution >= 0.6 is 11.6 Å². The normalized spacial score (nSPS) is 29.1. The van der Waals surface area contributed by atoms with E-state index in [0.717, 1.165) is 19.3 Å². The molecule has 0 spiro atoms. The molecular weight excluding hydrogens is 587 g/mol. The number of ether oxygens (including phenoxy) is 1. The van der Waals surface area contributed by atoms with Crippen molar-refractivity contribution < 1.29 is 20.6 Å².